The van der Waals surface area contributed by atoms with E-state index in [9.17, 15) is 4.79 Å². The molecule has 0 atom stereocenters. The Kier molecular flexibility index (Phi) is 5.91. The number of anilines is 1. The van der Waals surface area contributed by atoms with Gasteiger partial charge in [-0.2, -0.15) is 0 Å². The van der Waals surface area contributed by atoms with Gasteiger partial charge in [-0.25, -0.2) is 4.98 Å². The summed E-state index contributed by atoms with van der Waals surface area (Å²) in [5.74, 6) is 0.748. The highest BCUT2D eigenvalue weighted by Gasteiger charge is 2.26. The first-order valence-electron chi connectivity index (χ1n) is 9.97. The van der Waals surface area contributed by atoms with Crippen molar-refractivity contribution < 1.29 is 14.3 Å². The van der Waals surface area contributed by atoms with Crippen molar-refractivity contribution in [1.29, 1.82) is 0 Å². The van der Waals surface area contributed by atoms with Gasteiger partial charge in [0, 0.05) is 0 Å². The van der Waals surface area contributed by atoms with Crippen molar-refractivity contribution in [1.82, 2.24) is 4.98 Å². The molecular weight excluding hydrogens is 408 g/mol. The number of carbonyl (C=O) groups excluding carboxylic acids is 1. The fourth-order valence-electron chi connectivity index (χ4n) is 3.52. The summed E-state index contributed by atoms with van der Waals surface area (Å²) < 4.78 is 12.0. The van der Waals surface area contributed by atoms with Crippen LogP contribution in [-0.4, -0.2) is 25.1 Å². The second kappa shape index (κ2) is 8.78. The number of hydrogen-bond donors (Lipinski definition) is 0. The minimum atomic E-state index is -0.187. The molecular formula is C25H24N2O3S. The molecule has 0 aliphatic carbocycles. The summed E-state index contributed by atoms with van der Waals surface area (Å²) in [6, 6.07) is 19.4. The normalized spacial score (nSPS) is 10.8. The van der Waals surface area contributed by atoms with E-state index in [-0.39, 0.29) is 5.91 Å². The Labute approximate surface area is 185 Å². The molecule has 0 saturated heterocycles. The first kappa shape index (κ1) is 20.9. The van der Waals surface area contributed by atoms with Gasteiger partial charge in [0.05, 0.1) is 36.5 Å². The second-order valence-electron chi connectivity index (χ2n) is 7.27. The SMILES string of the molecule is COc1cccc(C(=O)N(Cc2ccccc2)c2nc3c(C)c(C)ccc3s2)c1OC. The van der Waals surface area contributed by atoms with Gasteiger partial charge in [-0.3, -0.25) is 9.69 Å². The van der Waals surface area contributed by atoms with E-state index in [2.05, 4.69) is 26.0 Å². The second-order valence-corrected chi connectivity index (χ2v) is 8.28. The highest BCUT2D eigenvalue weighted by molar-refractivity contribution is 7.22. The number of carbonyl (C=O) groups is 1. The summed E-state index contributed by atoms with van der Waals surface area (Å²) in [6.45, 7) is 4.54. The van der Waals surface area contributed by atoms with Crippen LogP contribution >= 0.6 is 11.3 Å². The lowest BCUT2D eigenvalue weighted by Gasteiger charge is -2.22. The lowest BCUT2D eigenvalue weighted by molar-refractivity contribution is 0.0981. The number of amides is 1. The van der Waals surface area contributed by atoms with Crippen molar-refractivity contribution in [2.24, 2.45) is 0 Å². The third-order valence-corrected chi connectivity index (χ3v) is 6.41. The maximum Gasteiger partial charge on any atom is 0.264 e. The van der Waals surface area contributed by atoms with Gasteiger partial charge >= 0.3 is 0 Å². The molecule has 5 nitrogen and oxygen atoms in total. The van der Waals surface area contributed by atoms with Gasteiger partial charge in [-0.15, -0.1) is 0 Å². The number of aryl methyl sites for hydroxylation is 2. The molecule has 4 aromatic rings. The number of benzene rings is 3. The van der Waals surface area contributed by atoms with Crippen molar-refractivity contribution in [2.45, 2.75) is 20.4 Å². The summed E-state index contributed by atoms with van der Waals surface area (Å²) in [6.07, 6.45) is 0. The van der Waals surface area contributed by atoms with Crippen LogP contribution in [0.1, 0.15) is 27.0 Å². The lowest BCUT2D eigenvalue weighted by atomic mass is 10.1. The van der Waals surface area contributed by atoms with Crippen LogP contribution < -0.4 is 14.4 Å². The molecule has 0 unspecified atom stereocenters. The van der Waals surface area contributed by atoms with Crippen LogP contribution in [-0.2, 0) is 6.54 Å². The van der Waals surface area contributed by atoms with E-state index < -0.39 is 0 Å². The maximum absolute atomic E-state index is 13.8. The maximum atomic E-state index is 13.8. The van der Waals surface area contributed by atoms with Gasteiger partial charge in [-0.05, 0) is 48.7 Å². The standard InChI is InChI=1S/C25H24N2O3S/c1-16-13-14-21-22(17(16)2)26-25(31-21)27(15-18-9-6-5-7-10-18)24(28)19-11-8-12-20(29-3)23(19)30-4/h5-14H,15H2,1-4H3. The molecule has 0 radical (unpaired) electrons. The predicted octanol–water partition coefficient (Wildman–Crippen LogP) is 5.78. The molecule has 0 saturated carbocycles. The third kappa shape index (κ3) is 3.99. The van der Waals surface area contributed by atoms with Gasteiger partial charge in [0.1, 0.15) is 0 Å². The van der Waals surface area contributed by atoms with E-state index in [4.69, 9.17) is 14.5 Å². The Morgan fingerprint density at radius 1 is 0.968 bits per heavy atom. The monoisotopic (exact) mass is 432 g/mol. The summed E-state index contributed by atoms with van der Waals surface area (Å²) in [5, 5.41) is 0.655. The number of fused-ring (bicyclic) bond motifs is 1. The Hall–Kier alpha value is -3.38. The fraction of sp³-hybridized carbons (Fsp3) is 0.200. The summed E-state index contributed by atoms with van der Waals surface area (Å²) in [7, 11) is 3.10. The largest absolute Gasteiger partial charge is 0.493 e. The molecule has 1 aromatic heterocycles. The van der Waals surface area contributed by atoms with Crippen LogP contribution in [0.3, 0.4) is 0 Å². The van der Waals surface area contributed by atoms with Crippen molar-refractivity contribution in [2.75, 3.05) is 19.1 Å². The molecule has 158 valence electrons. The number of rotatable bonds is 6. The van der Waals surface area contributed by atoms with Gasteiger partial charge in [-0.1, -0.05) is 53.8 Å². The number of thiazole rings is 1. The smallest absolute Gasteiger partial charge is 0.264 e. The molecule has 0 aliphatic rings. The van der Waals surface area contributed by atoms with Gasteiger partial charge < -0.3 is 9.47 Å². The Balaban J connectivity index is 1.84. The number of methoxy groups -OCH3 is 2. The van der Waals surface area contributed by atoms with Crippen LogP contribution in [0.25, 0.3) is 10.2 Å². The van der Waals surface area contributed by atoms with Crippen LogP contribution in [0.2, 0.25) is 0 Å². The topological polar surface area (TPSA) is 51.7 Å². The molecule has 1 heterocycles. The van der Waals surface area contributed by atoms with Crippen molar-refractivity contribution >= 4 is 32.6 Å². The van der Waals surface area contributed by atoms with Gasteiger partial charge in [0.15, 0.2) is 16.6 Å². The van der Waals surface area contributed by atoms with E-state index in [1.807, 2.05) is 30.3 Å². The fourth-order valence-corrected chi connectivity index (χ4v) is 4.55. The van der Waals surface area contributed by atoms with Crippen LogP contribution in [0, 0.1) is 13.8 Å². The minimum Gasteiger partial charge on any atom is -0.493 e. The van der Waals surface area contributed by atoms with Crippen LogP contribution in [0.5, 0.6) is 11.5 Å². The predicted molar refractivity (Wildman–Crippen MR) is 126 cm³/mol. The highest BCUT2D eigenvalue weighted by atomic mass is 32.1. The summed E-state index contributed by atoms with van der Waals surface area (Å²) in [4.78, 5) is 20.4. The van der Waals surface area contributed by atoms with Crippen LogP contribution in [0.15, 0.2) is 60.7 Å². The molecule has 0 aliphatic heterocycles. The highest BCUT2D eigenvalue weighted by Crippen LogP contribution is 2.36. The van der Waals surface area contributed by atoms with Crippen molar-refractivity contribution in [3.05, 3.63) is 82.9 Å². The van der Waals surface area contributed by atoms with Gasteiger partial charge in [0.25, 0.3) is 5.91 Å². The number of hydrogen-bond acceptors (Lipinski definition) is 5. The molecule has 0 spiro atoms. The molecule has 4 rings (SSSR count). The Morgan fingerprint density at radius 3 is 2.45 bits per heavy atom. The van der Waals surface area contributed by atoms with Crippen molar-refractivity contribution in [3.8, 4) is 11.5 Å². The first-order valence-corrected chi connectivity index (χ1v) is 10.8. The zero-order valence-corrected chi connectivity index (χ0v) is 18.8. The van der Waals surface area contributed by atoms with Crippen LogP contribution in [0.4, 0.5) is 5.13 Å². The molecule has 0 N–H and O–H groups in total. The van der Waals surface area contributed by atoms with Gasteiger partial charge in [0.2, 0.25) is 0 Å². The van der Waals surface area contributed by atoms with E-state index >= 15 is 0 Å². The van der Waals surface area contributed by atoms with E-state index in [1.165, 1.54) is 16.9 Å². The molecule has 31 heavy (non-hydrogen) atoms. The van der Waals surface area contributed by atoms with E-state index in [0.29, 0.717) is 28.7 Å². The quantitative estimate of drug-likeness (QED) is 0.388. The minimum absolute atomic E-state index is 0.187. The number of nitrogens with zero attached hydrogens (tertiary/aromatic N) is 2. The Morgan fingerprint density at radius 2 is 1.74 bits per heavy atom. The summed E-state index contributed by atoms with van der Waals surface area (Å²) >= 11 is 1.52. The molecule has 0 fully saturated rings. The Bertz CT molecular complexity index is 1230. The first-order chi connectivity index (χ1) is 15.0. The summed E-state index contributed by atoms with van der Waals surface area (Å²) in [5.41, 5.74) is 4.70. The zero-order chi connectivity index (χ0) is 22.0. The third-order valence-electron chi connectivity index (χ3n) is 5.37. The number of para-hydroxylation sites is 1. The molecule has 0 bridgehead atoms. The lowest BCUT2D eigenvalue weighted by Crippen LogP contribution is -2.30. The van der Waals surface area contributed by atoms with E-state index in [0.717, 1.165) is 21.3 Å². The molecule has 3 aromatic carbocycles. The average Bonchev–Trinajstić information content (AvgIpc) is 3.24. The average molecular weight is 433 g/mol. The molecule has 1 amide bonds. The van der Waals surface area contributed by atoms with E-state index in [1.54, 1.807) is 37.3 Å². The number of ether oxygens (including phenoxy) is 2. The molecule has 6 heteroatoms. The zero-order valence-electron chi connectivity index (χ0n) is 18.0. The number of aromatic nitrogens is 1. The van der Waals surface area contributed by atoms with Crippen molar-refractivity contribution in [3.63, 3.8) is 0 Å².